The molecule has 0 aromatic heterocycles. The zero-order valence-corrected chi connectivity index (χ0v) is 14.8. The van der Waals surface area contributed by atoms with Crippen molar-refractivity contribution < 1.29 is 24.2 Å². The molecule has 1 rings (SSSR count). The van der Waals surface area contributed by atoms with Crippen molar-refractivity contribution in [1.82, 2.24) is 0 Å². The maximum absolute atomic E-state index is 11.6. The molecule has 0 spiro atoms. The summed E-state index contributed by atoms with van der Waals surface area (Å²) in [6, 6.07) is 0. The van der Waals surface area contributed by atoms with Crippen LogP contribution in [-0.2, 0) is 19.1 Å². The highest BCUT2D eigenvalue weighted by atomic mass is 16.6. The molecule has 1 N–H and O–H groups in total. The van der Waals surface area contributed by atoms with Gasteiger partial charge in [0.2, 0.25) is 0 Å². The van der Waals surface area contributed by atoms with E-state index in [0.29, 0.717) is 19.4 Å². The van der Waals surface area contributed by atoms with Gasteiger partial charge < -0.3 is 14.6 Å². The average Bonchev–Trinajstić information content (AvgIpc) is 2.46. The smallest absolute Gasteiger partial charge is 0.305 e. The number of carboxylic acids is 1. The molecule has 0 aromatic rings. The zero-order valence-electron chi connectivity index (χ0n) is 14.8. The van der Waals surface area contributed by atoms with Gasteiger partial charge in [-0.2, -0.15) is 0 Å². The summed E-state index contributed by atoms with van der Waals surface area (Å²) in [5.74, 6) is -0.0560. The molecule has 0 heterocycles. The van der Waals surface area contributed by atoms with Crippen molar-refractivity contribution in [2.75, 3.05) is 13.2 Å². The van der Waals surface area contributed by atoms with E-state index in [1.165, 1.54) is 12.0 Å². The second-order valence-corrected chi connectivity index (χ2v) is 6.30. The number of carbonyl (C=O) groups is 2. The van der Waals surface area contributed by atoms with Gasteiger partial charge in [-0.25, -0.2) is 0 Å². The summed E-state index contributed by atoms with van der Waals surface area (Å²) >= 11 is 0. The van der Waals surface area contributed by atoms with Crippen LogP contribution in [0.2, 0.25) is 0 Å². The monoisotopic (exact) mass is 338 g/mol. The quantitative estimate of drug-likeness (QED) is 0.306. The fraction of sp³-hybridized carbons (Fsp3) is 0.684. The van der Waals surface area contributed by atoms with Crippen LogP contribution in [0.3, 0.4) is 0 Å². The van der Waals surface area contributed by atoms with Crippen molar-refractivity contribution in [1.29, 1.82) is 0 Å². The summed E-state index contributed by atoms with van der Waals surface area (Å²) < 4.78 is 10.9. The van der Waals surface area contributed by atoms with Crippen LogP contribution < -0.4 is 0 Å². The second kappa shape index (κ2) is 11.7. The maximum atomic E-state index is 11.6. The van der Waals surface area contributed by atoms with Gasteiger partial charge in [-0.05, 0) is 50.2 Å². The number of allylic oxidation sites excluding steroid dienone is 2. The lowest BCUT2D eigenvalue weighted by molar-refractivity contribution is -0.145. The number of carboxylic acid groups (broad SMARTS) is 1. The molecule has 5 nitrogen and oxygen atoms in total. The van der Waals surface area contributed by atoms with E-state index >= 15 is 0 Å². The van der Waals surface area contributed by atoms with E-state index in [-0.39, 0.29) is 19.0 Å². The SMILES string of the molecule is C=C(C)C(OCCOC(=O)CCCCCCCC(=O)O)=C1CCC1. The van der Waals surface area contributed by atoms with Crippen LogP contribution in [0, 0.1) is 0 Å². The maximum Gasteiger partial charge on any atom is 0.305 e. The molecule has 136 valence electrons. The molecule has 0 amide bonds. The predicted octanol–water partition coefficient (Wildman–Crippen LogP) is 4.38. The van der Waals surface area contributed by atoms with Gasteiger partial charge in [-0.15, -0.1) is 0 Å². The third-order valence-corrected chi connectivity index (χ3v) is 4.03. The molecule has 5 heteroatoms. The van der Waals surface area contributed by atoms with Gasteiger partial charge in [0.1, 0.15) is 19.0 Å². The van der Waals surface area contributed by atoms with E-state index in [0.717, 1.165) is 49.9 Å². The van der Waals surface area contributed by atoms with Crippen LogP contribution in [0.4, 0.5) is 0 Å². The van der Waals surface area contributed by atoms with Crippen molar-refractivity contribution >= 4 is 11.9 Å². The Balaban J connectivity index is 2.00. The van der Waals surface area contributed by atoms with Crippen molar-refractivity contribution in [3.63, 3.8) is 0 Å². The summed E-state index contributed by atoms with van der Waals surface area (Å²) in [6.07, 6.45) is 8.27. The Morgan fingerprint density at radius 2 is 1.58 bits per heavy atom. The third-order valence-electron chi connectivity index (χ3n) is 4.03. The molecule has 1 aliphatic rings. The van der Waals surface area contributed by atoms with Crippen molar-refractivity contribution in [3.8, 4) is 0 Å². The lowest BCUT2D eigenvalue weighted by Crippen LogP contribution is -2.12. The second-order valence-electron chi connectivity index (χ2n) is 6.30. The van der Waals surface area contributed by atoms with Crippen LogP contribution in [0.15, 0.2) is 23.5 Å². The molecule has 0 bridgehead atoms. The molecule has 0 aromatic carbocycles. The van der Waals surface area contributed by atoms with Crippen LogP contribution in [0.25, 0.3) is 0 Å². The first kappa shape index (κ1) is 20.3. The Bertz CT molecular complexity index is 458. The van der Waals surface area contributed by atoms with Gasteiger partial charge in [0.15, 0.2) is 0 Å². The molecule has 0 unspecified atom stereocenters. The zero-order chi connectivity index (χ0) is 17.8. The Hall–Kier alpha value is -1.78. The lowest BCUT2D eigenvalue weighted by atomic mass is 9.90. The van der Waals surface area contributed by atoms with E-state index in [9.17, 15) is 9.59 Å². The third kappa shape index (κ3) is 8.75. The van der Waals surface area contributed by atoms with Crippen LogP contribution in [-0.4, -0.2) is 30.3 Å². The highest BCUT2D eigenvalue weighted by Gasteiger charge is 2.16. The first-order chi connectivity index (χ1) is 11.5. The minimum absolute atomic E-state index is 0.197. The standard InChI is InChI=1S/C19H30O5/c1-15(2)19(16-9-8-10-16)24-14-13-23-18(22)12-7-5-3-4-6-11-17(20)21/h1,3-14H2,2H3,(H,20,21). The Morgan fingerprint density at radius 3 is 2.12 bits per heavy atom. The summed E-state index contributed by atoms with van der Waals surface area (Å²) in [4.78, 5) is 22.0. The molecule has 0 radical (unpaired) electrons. The van der Waals surface area contributed by atoms with Gasteiger partial charge in [-0.1, -0.05) is 25.8 Å². The number of esters is 1. The summed E-state index contributed by atoms with van der Waals surface area (Å²) in [5.41, 5.74) is 2.25. The number of unbranched alkanes of at least 4 members (excludes halogenated alkanes) is 4. The van der Waals surface area contributed by atoms with Crippen LogP contribution >= 0.6 is 0 Å². The van der Waals surface area contributed by atoms with Crippen molar-refractivity contribution in [3.05, 3.63) is 23.5 Å². The fourth-order valence-corrected chi connectivity index (χ4v) is 2.55. The molecule has 1 aliphatic carbocycles. The van der Waals surface area contributed by atoms with Gasteiger partial charge in [0.25, 0.3) is 0 Å². The minimum atomic E-state index is -0.747. The van der Waals surface area contributed by atoms with E-state index in [1.807, 2.05) is 6.92 Å². The van der Waals surface area contributed by atoms with Crippen LogP contribution in [0.1, 0.15) is 71.1 Å². The first-order valence-electron chi connectivity index (χ1n) is 8.89. The van der Waals surface area contributed by atoms with Crippen LogP contribution in [0.5, 0.6) is 0 Å². The molecule has 0 saturated heterocycles. The molecule has 0 atom stereocenters. The number of aliphatic carboxylic acids is 1. The summed E-state index contributed by atoms with van der Waals surface area (Å²) in [6.45, 7) is 6.50. The van der Waals surface area contributed by atoms with Gasteiger partial charge in [0.05, 0.1) is 0 Å². The van der Waals surface area contributed by atoms with Gasteiger partial charge in [0, 0.05) is 12.8 Å². The fourth-order valence-electron chi connectivity index (χ4n) is 2.55. The van der Waals surface area contributed by atoms with E-state index in [1.54, 1.807) is 0 Å². The number of rotatable bonds is 13. The number of ether oxygens (including phenoxy) is 2. The number of hydrogen-bond acceptors (Lipinski definition) is 4. The summed E-state index contributed by atoms with van der Waals surface area (Å²) in [5, 5.41) is 8.52. The molecular formula is C19H30O5. The Morgan fingerprint density at radius 1 is 1.00 bits per heavy atom. The molecule has 0 aliphatic heterocycles. The highest BCUT2D eigenvalue weighted by molar-refractivity contribution is 5.69. The van der Waals surface area contributed by atoms with E-state index in [2.05, 4.69) is 6.58 Å². The number of carbonyl (C=O) groups excluding carboxylic acids is 1. The van der Waals surface area contributed by atoms with Crippen molar-refractivity contribution in [2.45, 2.75) is 71.1 Å². The van der Waals surface area contributed by atoms with Gasteiger partial charge in [-0.3, -0.25) is 9.59 Å². The summed E-state index contributed by atoms with van der Waals surface area (Å²) in [7, 11) is 0. The predicted molar refractivity (Wildman–Crippen MR) is 92.6 cm³/mol. The first-order valence-corrected chi connectivity index (χ1v) is 8.89. The molecule has 1 saturated carbocycles. The van der Waals surface area contributed by atoms with Gasteiger partial charge >= 0.3 is 11.9 Å². The molecule has 24 heavy (non-hydrogen) atoms. The topological polar surface area (TPSA) is 72.8 Å². The van der Waals surface area contributed by atoms with Crippen molar-refractivity contribution in [2.24, 2.45) is 0 Å². The Labute approximate surface area is 144 Å². The lowest BCUT2D eigenvalue weighted by Gasteiger charge is -2.22. The minimum Gasteiger partial charge on any atom is -0.490 e. The molecular weight excluding hydrogens is 308 g/mol. The van der Waals surface area contributed by atoms with E-state index < -0.39 is 5.97 Å². The van der Waals surface area contributed by atoms with E-state index in [4.69, 9.17) is 14.6 Å². The average molecular weight is 338 g/mol. The molecule has 1 fully saturated rings. The number of hydrogen-bond donors (Lipinski definition) is 1. The Kier molecular flexibility index (Phi) is 9.89. The largest absolute Gasteiger partial charge is 0.490 e. The normalized spacial score (nSPS) is 13.1. The highest BCUT2D eigenvalue weighted by Crippen LogP contribution is 2.31.